The Labute approximate surface area is 140 Å². The van der Waals surface area contributed by atoms with Crippen molar-refractivity contribution in [3.63, 3.8) is 0 Å². The monoisotopic (exact) mass is 328 g/mol. The van der Waals surface area contributed by atoms with Crippen molar-refractivity contribution in [2.45, 2.75) is 6.92 Å². The van der Waals surface area contributed by atoms with Crippen molar-refractivity contribution in [2.75, 3.05) is 30.9 Å². The molecule has 2 rings (SSSR count). The van der Waals surface area contributed by atoms with E-state index in [1.807, 2.05) is 0 Å². The molecule has 0 spiro atoms. The topological polar surface area (TPSA) is 76.7 Å². The number of methoxy groups -OCH3 is 1. The number of hydrogen-bond acceptors (Lipinski definition) is 5. The molecule has 0 unspecified atom stereocenters. The smallest absolute Gasteiger partial charge is 0.338 e. The first-order valence-electron chi connectivity index (χ1n) is 7.57. The first-order valence-corrected chi connectivity index (χ1v) is 7.57. The van der Waals surface area contributed by atoms with Crippen LogP contribution >= 0.6 is 0 Å². The molecule has 2 N–H and O–H groups in total. The van der Waals surface area contributed by atoms with Crippen LogP contribution in [0, 0.1) is 0 Å². The molecule has 0 saturated carbocycles. The van der Waals surface area contributed by atoms with Gasteiger partial charge in [-0.15, -0.1) is 0 Å². The number of ether oxygens (including phenoxy) is 2. The first-order chi connectivity index (χ1) is 11.6. The Morgan fingerprint density at radius 1 is 0.958 bits per heavy atom. The molecule has 0 heterocycles. The SMILES string of the molecule is CCOC(=O)c1ccc(NCC(=O)Nc2ccc(OC)cc2)cc1. The number of nitrogens with one attached hydrogen (secondary N) is 2. The molecule has 6 nitrogen and oxygen atoms in total. The first kappa shape index (κ1) is 17.3. The van der Waals surface area contributed by atoms with E-state index in [4.69, 9.17) is 9.47 Å². The zero-order chi connectivity index (χ0) is 17.4. The number of anilines is 2. The molecule has 0 aromatic heterocycles. The van der Waals surface area contributed by atoms with Crippen LogP contribution in [0.25, 0.3) is 0 Å². The molecule has 0 radical (unpaired) electrons. The molecule has 6 heteroatoms. The maximum atomic E-state index is 11.9. The number of hydrogen-bond donors (Lipinski definition) is 2. The average Bonchev–Trinajstić information content (AvgIpc) is 2.61. The van der Waals surface area contributed by atoms with Crippen molar-refractivity contribution < 1.29 is 19.1 Å². The third-order valence-electron chi connectivity index (χ3n) is 3.22. The Bertz CT molecular complexity index is 681. The Kier molecular flexibility index (Phi) is 6.19. The summed E-state index contributed by atoms with van der Waals surface area (Å²) >= 11 is 0. The van der Waals surface area contributed by atoms with Gasteiger partial charge in [0.25, 0.3) is 0 Å². The minimum absolute atomic E-state index is 0.116. The van der Waals surface area contributed by atoms with Crippen molar-refractivity contribution in [3.8, 4) is 5.75 Å². The summed E-state index contributed by atoms with van der Waals surface area (Å²) in [5.41, 5.74) is 1.92. The second-order valence-electron chi connectivity index (χ2n) is 4.93. The molecular weight excluding hydrogens is 308 g/mol. The lowest BCUT2D eigenvalue weighted by Gasteiger charge is -2.09. The van der Waals surface area contributed by atoms with Gasteiger partial charge in [-0.2, -0.15) is 0 Å². The van der Waals surface area contributed by atoms with E-state index in [9.17, 15) is 9.59 Å². The van der Waals surface area contributed by atoms with E-state index in [0.29, 0.717) is 17.9 Å². The van der Waals surface area contributed by atoms with E-state index in [2.05, 4.69) is 10.6 Å². The number of benzene rings is 2. The molecule has 0 saturated heterocycles. The second kappa shape index (κ2) is 8.57. The lowest BCUT2D eigenvalue weighted by molar-refractivity contribution is -0.114. The highest BCUT2D eigenvalue weighted by atomic mass is 16.5. The minimum atomic E-state index is -0.360. The zero-order valence-corrected chi connectivity index (χ0v) is 13.7. The van der Waals surface area contributed by atoms with Crippen LogP contribution in [0.4, 0.5) is 11.4 Å². The largest absolute Gasteiger partial charge is 0.497 e. The second-order valence-corrected chi connectivity index (χ2v) is 4.93. The van der Waals surface area contributed by atoms with Gasteiger partial charge in [-0.1, -0.05) is 0 Å². The number of amides is 1. The van der Waals surface area contributed by atoms with Crippen molar-refractivity contribution in [1.82, 2.24) is 0 Å². The summed E-state index contributed by atoms with van der Waals surface area (Å²) in [4.78, 5) is 23.5. The molecule has 126 valence electrons. The van der Waals surface area contributed by atoms with Crippen LogP contribution in [-0.2, 0) is 9.53 Å². The molecule has 0 atom stereocenters. The van der Waals surface area contributed by atoms with Gasteiger partial charge < -0.3 is 20.1 Å². The van der Waals surface area contributed by atoms with Crippen LogP contribution in [0.2, 0.25) is 0 Å². The van der Waals surface area contributed by atoms with E-state index >= 15 is 0 Å². The fourth-order valence-electron chi connectivity index (χ4n) is 2.00. The summed E-state index contributed by atoms with van der Waals surface area (Å²) in [6.45, 7) is 2.21. The van der Waals surface area contributed by atoms with Gasteiger partial charge in [-0.05, 0) is 55.5 Å². The number of rotatable bonds is 7. The summed E-state index contributed by atoms with van der Waals surface area (Å²) < 4.78 is 9.98. The van der Waals surface area contributed by atoms with E-state index < -0.39 is 0 Å². The maximum absolute atomic E-state index is 11.9. The quantitative estimate of drug-likeness (QED) is 0.764. The molecular formula is C18H20N2O4. The standard InChI is InChI=1S/C18H20N2O4/c1-3-24-18(22)13-4-6-14(7-5-13)19-12-17(21)20-15-8-10-16(23-2)11-9-15/h4-11,19H,3,12H2,1-2H3,(H,20,21). The molecule has 2 aromatic carbocycles. The highest BCUT2D eigenvalue weighted by molar-refractivity contribution is 5.94. The maximum Gasteiger partial charge on any atom is 0.338 e. The lowest BCUT2D eigenvalue weighted by atomic mass is 10.2. The zero-order valence-electron chi connectivity index (χ0n) is 13.7. The number of carbonyl (C=O) groups is 2. The third-order valence-corrected chi connectivity index (χ3v) is 3.22. The van der Waals surface area contributed by atoms with E-state index in [1.54, 1.807) is 62.6 Å². The van der Waals surface area contributed by atoms with Gasteiger partial charge in [0, 0.05) is 11.4 Å². The summed E-state index contributed by atoms with van der Waals surface area (Å²) in [7, 11) is 1.59. The summed E-state index contributed by atoms with van der Waals surface area (Å²) in [6, 6.07) is 13.9. The van der Waals surface area contributed by atoms with Crippen LogP contribution in [0.5, 0.6) is 5.75 Å². The number of carbonyl (C=O) groups excluding carboxylic acids is 2. The molecule has 2 aromatic rings. The summed E-state index contributed by atoms with van der Waals surface area (Å²) in [5.74, 6) is 0.198. The van der Waals surface area contributed by atoms with Gasteiger partial charge in [-0.3, -0.25) is 4.79 Å². The van der Waals surface area contributed by atoms with E-state index in [-0.39, 0.29) is 18.4 Å². The van der Waals surface area contributed by atoms with Crippen LogP contribution in [0.3, 0.4) is 0 Å². The molecule has 0 aliphatic heterocycles. The van der Waals surface area contributed by atoms with Crippen molar-refractivity contribution in [3.05, 3.63) is 54.1 Å². The van der Waals surface area contributed by atoms with Crippen LogP contribution in [0.15, 0.2) is 48.5 Å². The van der Waals surface area contributed by atoms with Gasteiger partial charge in [0.15, 0.2) is 0 Å². The fraction of sp³-hybridized carbons (Fsp3) is 0.222. The Morgan fingerprint density at radius 3 is 2.17 bits per heavy atom. The van der Waals surface area contributed by atoms with Crippen molar-refractivity contribution >= 4 is 23.3 Å². The highest BCUT2D eigenvalue weighted by Gasteiger charge is 2.06. The predicted octanol–water partition coefficient (Wildman–Crippen LogP) is 2.92. The molecule has 0 bridgehead atoms. The van der Waals surface area contributed by atoms with Gasteiger partial charge >= 0.3 is 5.97 Å². The van der Waals surface area contributed by atoms with Crippen LogP contribution in [-0.4, -0.2) is 32.1 Å². The molecule has 1 amide bonds. The number of esters is 1. The van der Waals surface area contributed by atoms with Crippen molar-refractivity contribution in [2.24, 2.45) is 0 Å². The van der Waals surface area contributed by atoms with E-state index in [1.165, 1.54) is 0 Å². The predicted molar refractivity (Wildman–Crippen MR) is 92.5 cm³/mol. The minimum Gasteiger partial charge on any atom is -0.497 e. The third kappa shape index (κ3) is 5.01. The van der Waals surface area contributed by atoms with Gasteiger partial charge in [0.05, 0.1) is 25.8 Å². The van der Waals surface area contributed by atoms with Gasteiger partial charge in [0.2, 0.25) is 5.91 Å². The van der Waals surface area contributed by atoms with Crippen LogP contribution in [0.1, 0.15) is 17.3 Å². The fourth-order valence-corrected chi connectivity index (χ4v) is 2.00. The lowest BCUT2D eigenvalue weighted by Crippen LogP contribution is -2.21. The molecule has 24 heavy (non-hydrogen) atoms. The van der Waals surface area contributed by atoms with E-state index in [0.717, 1.165) is 11.4 Å². The molecule has 0 aliphatic rings. The van der Waals surface area contributed by atoms with Gasteiger partial charge in [0.1, 0.15) is 5.75 Å². The Morgan fingerprint density at radius 2 is 1.58 bits per heavy atom. The average molecular weight is 328 g/mol. The molecule has 0 fully saturated rings. The highest BCUT2D eigenvalue weighted by Crippen LogP contribution is 2.15. The normalized spacial score (nSPS) is 9.92. The van der Waals surface area contributed by atoms with Crippen molar-refractivity contribution in [1.29, 1.82) is 0 Å². The summed E-state index contributed by atoms with van der Waals surface area (Å²) in [6.07, 6.45) is 0. The Balaban J connectivity index is 1.83. The van der Waals surface area contributed by atoms with Gasteiger partial charge in [-0.25, -0.2) is 4.79 Å². The molecule has 0 aliphatic carbocycles. The van der Waals surface area contributed by atoms with Crippen LogP contribution < -0.4 is 15.4 Å². The Hall–Kier alpha value is -3.02. The summed E-state index contributed by atoms with van der Waals surface area (Å²) in [5, 5.41) is 5.78.